The fraction of sp³-hybridized carbons (Fsp3) is 0. The van der Waals surface area contributed by atoms with Gasteiger partial charge in [0.1, 0.15) is 0 Å². The van der Waals surface area contributed by atoms with Crippen LogP contribution in [0.4, 0.5) is 0 Å². The Morgan fingerprint density at radius 2 is 0.412 bits per heavy atom. The second-order valence-corrected chi connectivity index (χ2v) is 2.73. The van der Waals surface area contributed by atoms with E-state index in [4.69, 9.17) is 27.8 Å². The van der Waals surface area contributed by atoms with Crippen LogP contribution in [-0.4, -0.2) is 83.9 Å². The van der Waals surface area contributed by atoms with E-state index in [1.54, 1.807) is 0 Å². The summed E-state index contributed by atoms with van der Waals surface area (Å²) in [6, 6.07) is 0. The molecule has 17 heavy (non-hydrogen) atoms. The van der Waals surface area contributed by atoms with Crippen LogP contribution >= 0.6 is 27.8 Å². The molecule has 0 aromatic rings. The van der Waals surface area contributed by atoms with Crippen LogP contribution in [0.15, 0.2) is 0 Å². The molecule has 0 aliphatic carbocycles. The van der Waals surface area contributed by atoms with Crippen molar-refractivity contribution in [1.29, 1.82) is 0 Å². The molecule has 17 heteroatoms. The molecule has 0 aromatic carbocycles. The third-order valence-corrected chi connectivity index (χ3v) is 0. The van der Waals surface area contributed by atoms with Crippen LogP contribution in [0.5, 0.6) is 0 Å². The van der Waals surface area contributed by atoms with Gasteiger partial charge >= 0.3 is 45.2 Å². The molecule has 0 heterocycles. The average Bonchev–Trinajstić information content (AvgIpc) is 1.46. The topological polar surface area (TPSA) is 378 Å². The van der Waals surface area contributed by atoms with Gasteiger partial charge < -0.3 is 83.9 Å². The zero-order valence-electron chi connectivity index (χ0n) is 8.55. The molecule has 0 rings (SSSR count). The Morgan fingerprint density at radius 1 is 0.412 bits per heavy atom. The molecule has 0 amide bonds. The fourth-order valence-corrected chi connectivity index (χ4v) is 0. The van der Waals surface area contributed by atoms with Gasteiger partial charge in [0.25, 0.3) is 0 Å². The Labute approximate surface area is 128 Å². The van der Waals surface area contributed by atoms with Crippen molar-refractivity contribution in [3.63, 3.8) is 0 Å². The second kappa shape index (κ2) is 648. The summed E-state index contributed by atoms with van der Waals surface area (Å²) in [5.41, 5.74) is 0. The van der Waals surface area contributed by atoms with Crippen molar-refractivity contribution in [3.8, 4) is 0 Å². The number of halogens is 3. The van der Waals surface area contributed by atoms with Crippen molar-refractivity contribution in [2.24, 2.45) is 0 Å². The first kappa shape index (κ1) is 260. The molecule has 0 aliphatic rings. The van der Waals surface area contributed by atoms with E-state index in [-0.39, 0.29) is 65.7 Å². The van der Waals surface area contributed by atoms with Crippen LogP contribution in [0.2, 0.25) is 0 Å². The number of hydrogen-bond donors (Lipinski definition) is 0. The van der Waals surface area contributed by atoms with Gasteiger partial charge in [-0.2, -0.15) is 0 Å². The summed E-state index contributed by atoms with van der Waals surface area (Å²) in [5, 5.41) is 0. The van der Waals surface area contributed by atoms with Crippen molar-refractivity contribution >= 4 is 46.0 Å². The van der Waals surface area contributed by atoms with Crippen LogP contribution in [-0.2, 0) is 17.3 Å². The molecule has 0 bridgehead atoms. The molecule has 0 saturated carbocycles. The molecule has 121 valence electrons. The summed E-state index contributed by atoms with van der Waals surface area (Å²) in [4.78, 5) is 0. The molecule has 0 atom stereocenters. The molecular weight excluding hydrogens is 388 g/mol. The standard InChI is InChI=1S/3ClH.Mg.12H2O.Zn/h3*1H;;12*1H2;/q;;;+2;;;;;;;;;;;;;+1/p-3. The van der Waals surface area contributed by atoms with Crippen molar-refractivity contribution < 1.29 is 83.0 Å². The van der Waals surface area contributed by atoms with Gasteiger partial charge in [-0.25, -0.2) is 0 Å². The Balaban J connectivity index is -0.000000000524. The van der Waals surface area contributed by atoms with Crippen molar-refractivity contribution in [1.82, 2.24) is 0 Å². The zero-order chi connectivity index (χ0) is 4.71. The maximum atomic E-state index is 4.90. The summed E-state index contributed by atoms with van der Waals surface area (Å²) in [7, 11) is 14.6. The molecular formula is H24Cl3MgO12Zn. The van der Waals surface area contributed by atoms with Gasteiger partial charge in [0, 0.05) is 0 Å². The first-order valence-corrected chi connectivity index (χ1v) is 8.98. The van der Waals surface area contributed by atoms with Crippen LogP contribution in [0, 0.1) is 0 Å². The first-order valence-electron chi connectivity index (χ1n) is 0.802. The molecule has 0 unspecified atom stereocenters. The normalized spacial score (nSPS) is 1.00. The third-order valence-electron chi connectivity index (χ3n) is 0. The Morgan fingerprint density at radius 3 is 0.412 bits per heavy atom. The van der Waals surface area contributed by atoms with Gasteiger partial charge in [0.15, 0.2) is 0 Å². The Hall–Kier alpha value is 1.78. The van der Waals surface area contributed by atoms with Crippen molar-refractivity contribution in [2.45, 2.75) is 0 Å². The molecule has 24 N–H and O–H groups in total. The molecule has 12 nitrogen and oxygen atoms in total. The van der Waals surface area contributed by atoms with Gasteiger partial charge in [-0.05, 0) is 0 Å². The number of rotatable bonds is 0. The van der Waals surface area contributed by atoms with Crippen LogP contribution < -0.4 is 0 Å². The van der Waals surface area contributed by atoms with E-state index in [1.165, 1.54) is 0 Å². The van der Waals surface area contributed by atoms with Gasteiger partial charge in [0.2, 0.25) is 0 Å². The van der Waals surface area contributed by atoms with Gasteiger partial charge in [-0.1, -0.05) is 0 Å². The van der Waals surface area contributed by atoms with E-state index in [9.17, 15) is 0 Å². The van der Waals surface area contributed by atoms with Crippen LogP contribution in [0.1, 0.15) is 0 Å². The molecule has 0 aliphatic heterocycles. The molecule has 0 saturated heterocycles. The molecule has 0 aromatic heterocycles. The quantitative estimate of drug-likeness (QED) is 0.334. The molecule has 0 spiro atoms. The van der Waals surface area contributed by atoms with E-state index in [0.29, 0.717) is 0 Å². The van der Waals surface area contributed by atoms with Crippen molar-refractivity contribution in [3.05, 3.63) is 0 Å². The fourth-order valence-electron chi connectivity index (χ4n) is 0. The zero-order valence-corrected chi connectivity index (χ0v) is 15.2. The Kier molecular flexibility index (Phi) is 9900. The summed E-state index contributed by atoms with van der Waals surface area (Å²) in [5.74, 6) is 0. The predicted molar refractivity (Wildman–Crippen MR) is 66.7 cm³/mol. The minimum atomic E-state index is -0.639. The monoisotopic (exact) mass is 409 g/mol. The molecule has 0 fully saturated rings. The summed E-state index contributed by atoms with van der Waals surface area (Å²) in [6.07, 6.45) is 0. The summed E-state index contributed by atoms with van der Waals surface area (Å²) >= 11 is 0.208. The van der Waals surface area contributed by atoms with Gasteiger partial charge in [-0.3, -0.25) is 0 Å². The summed E-state index contributed by atoms with van der Waals surface area (Å²) in [6.45, 7) is 0. The van der Waals surface area contributed by atoms with E-state index in [1.807, 2.05) is 0 Å². The Bertz CT molecular complexity index is 21.7. The second-order valence-electron chi connectivity index (χ2n) is 0.101. The minimum absolute atomic E-state index is 0. The number of hydrogen-bond acceptors (Lipinski definition) is 0. The van der Waals surface area contributed by atoms with Crippen LogP contribution in [0.3, 0.4) is 0 Å². The van der Waals surface area contributed by atoms with E-state index < -0.39 is 18.2 Å². The van der Waals surface area contributed by atoms with Gasteiger partial charge in [-0.15, -0.1) is 0 Å². The molecule has 0 radical (unpaired) electrons. The predicted octanol–water partition coefficient (Wildman–Crippen LogP) is -8.21. The first-order chi connectivity index (χ1) is 2.41. The average molecular weight is 412 g/mol. The van der Waals surface area contributed by atoms with E-state index in [0.717, 1.165) is 17.3 Å². The van der Waals surface area contributed by atoms with Crippen molar-refractivity contribution in [2.75, 3.05) is 0 Å². The summed E-state index contributed by atoms with van der Waals surface area (Å²) < 4.78 is 0. The van der Waals surface area contributed by atoms with Gasteiger partial charge in [0.05, 0.1) is 0 Å². The van der Waals surface area contributed by atoms with Crippen LogP contribution in [0.25, 0.3) is 0 Å². The maximum absolute atomic E-state index is 4.90. The van der Waals surface area contributed by atoms with E-state index >= 15 is 0 Å². The SMILES string of the molecule is O.O.O.O.O.O.O.O.O.O.O.O.[Cl][Mg][Cl].[Cl][Zn]. The van der Waals surface area contributed by atoms with E-state index in [2.05, 4.69) is 0 Å². The third kappa shape index (κ3) is 1400.